The van der Waals surface area contributed by atoms with Crippen LogP contribution in [-0.4, -0.2) is 24.2 Å². The van der Waals surface area contributed by atoms with Crippen LogP contribution in [0.1, 0.15) is 19.4 Å². The fourth-order valence-electron chi connectivity index (χ4n) is 1.39. The summed E-state index contributed by atoms with van der Waals surface area (Å²) >= 11 is 5.71. The Labute approximate surface area is 105 Å². The third-order valence-corrected chi connectivity index (χ3v) is 2.86. The van der Waals surface area contributed by atoms with Gasteiger partial charge in [-0.3, -0.25) is 4.79 Å². The van der Waals surface area contributed by atoms with E-state index < -0.39 is 18.3 Å². The van der Waals surface area contributed by atoms with E-state index in [1.165, 1.54) is 6.07 Å². The van der Waals surface area contributed by atoms with Crippen molar-refractivity contribution in [3.63, 3.8) is 0 Å². The van der Waals surface area contributed by atoms with Gasteiger partial charge in [-0.2, -0.15) is 0 Å². The zero-order chi connectivity index (χ0) is 13.1. The number of hydrogen-bond acceptors (Lipinski definition) is 2. The molecule has 3 nitrogen and oxygen atoms in total. The largest absolute Gasteiger partial charge is 0.387 e. The van der Waals surface area contributed by atoms with Crippen LogP contribution in [0.15, 0.2) is 18.2 Å². The first-order valence-electron chi connectivity index (χ1n) is 5.20. The lowest BCUT2D eigenvalue weighted by atomic mass is 9.84. The van der Waals surface area contributed by atoms with E-state index in [0.29, 0.717) is 6.54 Å². The molecule has 94 valence electrons. The van der Waals surface area contributed by atoms with Crippen molar-refractivity contribution in [3.05, 3.63) is 34.6 Å². The molecule has 0 radical (unpaired) electrons. The molecule has 2 N–H and O–H groups in total. The summed E-state index contributed by atoms with van der Waals surface area (Å²) in [6, 6.07) is 4.47. The van der Waals surface area contributed by atoms with E-state index in [4.69, 9.17) is 16.7 Å². The standard InChI is InChI=1S/C12H15ClFNO2/c1-12(2,7-15-11(17)6-16)8-3-4-10(14)9(13)5-8/h3-5,16H,6-7H2,1-2H3,(H,15,17). The van der Waals surface area contributed by atoms with Gasteiger partial charge in [0.05, 0.1) is 5.02 Å². The lowest BCUT2D eigenvalue weighted by Gasteiger charge is -2.25. The van der Waals surface area contributed by atoms with E-state index in [2.05, 4.69) is 5.32 Å². The molecule has 0 bridgehead atoms. The molecular formula is C12H15ClFNO2. The first-order valence-corrected chi connectivity index (χ1v) is 5.57. The number of benzene rings is 1. The van der Waals surface area contributed by atoms with Crippen LogP contribution in [0.3, 0.4) is 0 Å². The summed E-state index contributed by atoms with van der Waals surface area (Å²) in [6.45, 7) is 3.59. The molecule has 0 aliphatic heterocycles. The second-order valence-corrected chi connectivity index (χ2v) is 4.85. The zero-order valence-electron chi connectivity index (χ0n) is 9.76. The minimum absolute atomic E-state index is 0.0593. The Bertz CT molecular complexity index is 421. The number of carbonyl (C=O) groups is 1. The number of aliphatic hydroxyl groups excluding tert-OH is 1. The normalized spacial score (nSPS) is 11.4. The van der Waals surface area contributed by atoms with Crippen molar-refractivity contribution in [1.82, 2.24) is 5.32 Å². The lowest BCUT2D eigenvalue weighted by Crippen LogP contribution is -2.37. The van der Waals surface area contributed by atoms with Gasteiger partial charge >= 0.3 is 0 Å². The first kappa shape index (κ1) is 13.9. The average molecular weight is 260 g/mol. The van der Waals surface area contributed by atoms with Crippen LogP contribution in [0.25, 0.3) is 0 Å². The van der Waals surface area contributed by atoms with Crippen LogP contribution in [0.2, 0.25) is 5.02 Å². The zero-order valence-corrected chi connectivity index (χ0v) is 10.5. The molecule has 0 spiro atoms. The number of carbonyl (C=O) groups excluding carboxylic acids is 1. The minimum Gasteiger partial charge on any atom is -0.387 e. The molecule has 0 aliphatic rings. The van der Waals surface area contributed by atoms with Crippen molar-refractivity contribution in [2.75, 3.05) is 13.2 Å². The highest BCUT2D eigenvalue weighted by molar-refractivity contribution is 6.30. The van der Waals surface area contributed by atoms with Gasteiger partial charge in [0.2, 0.25) is 5.91 Å². The Balaban J connectivity index is 2.81. The second-order valence-electron chi connectivity index (χ2n) is 4.45. The first-order chi connectivity index (χ1) is 7.86. The highest BCUT2D eigenvalue weighted by Crippen LogP contribution is 2.26. The highest BCUT2D eigenvalue weighted by atomic mass is 35.5. The topological polar surface area (TPSA) is 49.3 Å². The highest BCUT2D eigenvalue weighted by Gasteiger charge is 2.22. The van der Waals surface area contributed by atoms with Gasteiger partial charge in [-0.25, -0.2) is 4.39 Å². The van der Waals surface area contributed by atoms with Crippen LogP contribution in [0, 0.1) is 5.82 Å². The Kier molecular flexibility index (Phi) is 4.48. The van der Waals surface area contributed by atoms with E-state index in [0.717, 1.165) is 5.56 Å². The van der Waals surface area contributed by atoms with E-state index in [-0.39, 0.29) is 10.4 Å². The summed E-state index contributed by atoms with van der Waals surface area (Å²) in [6.07, 6.45) is 0. The molecule has 1 aromatic carbocycles. The maximum atomic E-state index is 13.0. The summed E-state index contributed by atoms with van der Waals surface area (Å²) in [5.74, 6) is -0.906. The van der Waals surface area contributed by atoms with Crippen LogP contribution in [0.4, 0.5) is 4.39 Å². The van der Waals surface area contributed by atoms with Gasteiger partial charge in [0.15, 0.2) is 0 Å². The molecule has 0 unspecified atom stereocenters. The number of rotatable bonds is 4. The number of halogens is 2. The van der Waals surface area contributed by atoms with Crippen molar-refractivity contribution >= 4 is 17.5 Å². The van der Waals surface area contributed by atoms with E-state index in [1.54, 1.807) is 12.1 Å². The van der Waals surface area contributed by atoms with Gasteiger partial charge in [0, 0.05) is 12.0 Å². The fourth-order valence-corrected chi connectivity index (χ4v) is 1.58. The summed E-state index contributed by atoms with van der Waals surface area (Å²) in [5, 5.41) is 11.2. The maximum absolute atomic E-state index is 13.0. The molecule has 0 heterocycles. The SMILES string of the molecule is CC(C)(CNC(=O)CO)c1ccc(F)c(Cl)c1. The molecule has 1 amide bonds. The van der Waals surface area contributed by atoms with Gasteiger partial charge in [-0.05, 0) is 17.7 Å². The maximum Gasteiger partial charge on any atom is 0.245 e. The number of amides is 1. The number of hydrogen-bond donors (Lipinski definition) is 2. The van der Waals surface area contributed by atoms with E-state index >= 15 is 0 Å². The Morgan fingerprint density at radius 2 is 2.18 bits per heavy atom. The van der Waals surface area contributed by atoms with Gasteiger partial charge in [0.25, 0.3) is 0 Å². The monoisotopic (exact) mass is 259 g/mol. The molecule has 1 rings (SSSR count). The van der Waals surface area contributed by atoms with E-state index in [1.807, 2.05) is 13.8 Å². The Morgan fingerprint density at radius 1 is 1.53 bits per heavy atom. The van der Waals surface area contributed by atoms with Gasteiger partial charge in [-0.1, -0.05) is 31.5 Å². The van der Waals surface area contributed by atoms with E-state index in [9.17, 15) is 9.18 Å². The molecular weight excluding hydrogens is 245 g/mol. The minimum atomic E-state index is -0.541. The van der Waals surface area contributed by atoms with Crippen LogP contribution in [0.5, 0.6) is 0 Å². The van der Waals surface area contributed by atoms with Crippen LogP contribution < -0.4 is 5.32 Å². The molecule has 0 fully saturated rings. The molecule has 5 heteroatoms. The number of nitrogens with one attached hydrogen (secondary N) is 1. The van der Waals surface area contributed by atoms with Gasteiger partial charge in [-0.15, -0.1) is 0 Å². The molecule has 0 atom stereocenters. The van der Waals surface area contributed by atoms with Crippen molar-refractivity contribution in [3.8, 4) is 0 Å². The van der Waals surface area contributed by atoms with Crippen LogP contribution >= 0.6 is 11.6 Å². The number of aliphatic hydroxyl groups is 1. The van der Waals surface area contributed by atoms with Gasteiger partial charge < -0.3 is 10.4 Å². The van der Waals surface area contributed by atoms with Crippen LogP contribution in [-0.2, 0) is 10.2 Å². The Morgan fingerprint density at radius 3 is 2.71 bits per heavy atom. The average Bonchev–Trinajstić information content (AvgIpc) is 2.29. The molecule has 17 heavy (non-hydrogen) atoms. The van der Waals surface area contributed by atoms with Gasteiger partial charge in [0.1, 0.15) is 12.4 Å². The summed E-state index contributed by atoms with van der Waals surface area (Å²) in [5.41, 5.74) is 0.435. The molecule has 1 aromatic rings. The Hall–Kier alpha value is -1.13. The predicted molar refractivity (Wildman–Crippen MR) is 64.5 cm³/mol. The molecule has 0 saturated heterocycles. The molecule has 0 aromatic heterocycles. The van der Waals surface area contributed by atoms with Crippen molar-refractivity contribution in [1.29, 1.82) is 0 Å². The summed E-state index contributed by atoms with van der Waals surface area (Å²) in [7, 11) is 0. The summed E-state index contributed by atoms with van der Waals surface area (Å²) < 4.78 is 13.0. The lowest BCUT2D eigenvalue weighted by molar-refractivity contribution is -0.124. The summed E-state index contributed by atoms with van der Waals surface area (Å²) in [4.78, 5) is 11.0. The second kappa shape index (κ2) is 5.47. The quantitative estimate of drug-likeness (QED) is 0.867. The smallest absolute Gasteiger partial charge is 0.245 e. The molecule has 0 saturated carbocycles. The van der Waals surface area contributed by atoms with Crippen molar-refractivity contribution in [2.45, 2.75) is 19.3 Å². The van der Waals surface area contributed by atoms with Crippen molar-refractivity contribution < 1.29 is 14.3 Å². The third-order valence-electron chi connectivity index (χ3n) is 2.57. The fraction of sp³-hybridized carbons (Fsp3) is 0.417. The van der Waals surface area contributed by atoms with Crippen molar-refractivity contribution in [2.24, 2.45) is 0 Å². The predicted octanol–water partition coefficient (Wildman–Crippen LogP) is 1.87. The third kappa shape index (κ3) is 3.68. The molecule has 0 aliphatic carbocycles.